The Labute approximate surface area is 203 Å². The zero-order valence-electron chi connectivity index (χ0n) is 18.7. The van der Waals surface area contributed by atoms with E-state index < -0.39 is 93.1 Å². The number of carbonyl (C=O) groups excluding carboxylic acids is 3. The van der Waals surface area contributed by atoms with Crippen molar-refractivity contribution in [3.8, 4) is 0 Å². The maximum Gasteiger partial charge on any atom is 0.151 e. The lowest BCUT2D eigenvalue weighted by Gasteiger charge is -2.22. The summed E-state index contributed by atoms with van der Waals surface area (Å²) in [4.78, 5) is 29.7. The van der Waals surface area contributed by atoms with Gasteiger partial charge < -0.3 is 91.0 Å². The third-order valence-electron chi connectivity index (χ3n) is 4.26. The van der Waals surface area contributed by atoms with E-state index in [0.717, 1.165) is 0 Å². The molecule has 15 N–H and O–H groups in total. The molecule has 0 rings (SSSR count). The highest BCUT2D eigenvalue weighted by molar-refractivity contribution is 5.57. The number of carbonyl (C=O) groups is 3. The summed E-state index contributed by atoms with van der Waals surface area (Å²) >= 11 is 0. The van der Waals surface area contributed by atoms with E-state index in [2.05, 4.69) is 0 Å². The van der Waals surface area contributed by atoms with Gasteiger partial charge in [0, 0.05) is 0 Å². The zero-order valence-corrected chi connectivity index (χ0v) is 18.7. The van der Waals surface area contributed by atoms with Gasteiger partial charge in [-0.1, -0.05) is 0 Å². The summed E-state index contributed by atoms with van der Waals surface area (Å²) in [5.41, 5.74) is 0. The van der Waals surface area contributed by atoms with E-state index in [9.17, 15) is 14.4 Å². The topological polar surface area (TPSA) is 355 Å². The van der Waals surface area contributed by atoms with Crippen LogP contribution in [-0.2, 0) is 14.4 Å². The first-order chi connectivity index (χ1) is 16.6. The van der Waals surface area contributed by atoms with Crippen molar-refractivity contribution in [1.82, 2.24) is 0 Å². The number of hydrogen-bond acceptors (Lipinski definition) is 18. The molecule has 36 heavy (non-hydrogen) atoms. The quantitative estimate of drug-likeness (QED) is 0.0856. The highest BCUT2D eigenvalue weighted by Crippen LogP contribution is 2.04. The Morgan fingerprint density at radius 1 is 0.361 bits per heavy atom. The van der Waals surface area contributed by atoms with Crippen molar-refractivity contribution in [1.29, 1.82) is 0 Å². The standard InChI is InChI=1S/3C6H12O6/c3*7-1-3(9)5(11)6(12)4(10)2-8/h3*1,3-6,8-12H,2H2/t3-,4+,5+,6-;3-,4+,5-,6+;3-,4-,5-,6-/m001/s1. The number of aldehydes is 3. The van der Waals surface area contributed by atoms with Gasteiger partial charge in [0.25, 0.3) is 0 Å². The Morgan fingerprint density at radius 2 is 0.528 bits per heavy atom. The molecular weight excluding hydrogens is 504 g/mol. The number of aliphatic hydroxyl groups excluding tert-OH is 15. The predicted molar refractivity (Wildman–Crippen MR) is 112 cm³/mol. The average Bonchev–Trinajstić information content (AvgIpc) is 2.92. The SMILES string of the molecule is O=C[C@@H](O)[C@@H](O)[C@H](O)[C@H](O)CO.O=C[C@H](O)[C@@H](O)[C@@H](O)[C@H](O)CO.O=C[C@H](O)[C@H](O)[C@H](O)[C@H](O)CO. The van der Waals surface area contributed by atoms with Crippen LogP contribution in [0, 0.1) is 0 Å². The second kappa shape index (κ2) is 21.5. The van der Waals surface area contributed by atoms with Crippen molar-refractivity contribution < 1.29 is 91.0 Å². The molecule has 12 atom stereocenters. The highest BCUT2D eigenvalue weighted by atomic mass is 16.4. The molecule has 0 aromatic heterocycles. The molecule has 0 saturated heterocycles. The van der Waals surface area contributed by atoms with Crippen LogP contribution in [0.4, 0.5) is 0 Å². The van der Waals surface area contributed by atoms with Gasteiger partial charge in [-0.15, -0.1) is 0 Å². The van der Waals surface area contributed by atoms with Gasteiger partial charge in [-0.05, 0) is 0 Å². The molecule has 0 unspecified atom stereocenters. The van der Waals surface area contributed by atoms with Crippen LogP contribution in [0.3, 0.4) is 0 Å². The number of hydrogen-bond donors (Lipinski definition) is 15. The monoisotopic (exact) mass is 540 g/mol. The minimum atomic E-state index is -1.79. The van der Waals surface area contributed by atoms with Gasteiger partial charge in [0.15, 0.2) is 18.9 Å². The summed E-state index contributed by atoms with van der Waals surface area (Å²) in [6.45, 7) is -2.28. The van der Waals surface area contributed by atoms with Crippen molar-refractivity contribution in [2.45, 2.75) is 73.2 Å². The first-order valence-corrected chi connectivity index (χ1v) is 9.98. The summed E-state index contributed by atoms with van der Waals surface area (Å²) in [5.74, 6) is 0. The normalized spacial score (nSPS) is 21.1. The van der Waals surface area contributed by atoms with E-state index in [1.807, 2.05) is 0 Å². The average molecular weight is 540 g/mol. The maximum atomic E-state index is 9.90. The molecule has 0 aliphatic rings. The Balaban J connectivity index is -0.000000454. The Kier molecular flexibility index (Phi) is 23.2. The van der Waals surface area contributed by atoms with Crippen LogP contribution >= 0.6 is 0 Å². The molecule has 0 heterocycles. The summed E-state index contributed by atoms with van der Waals surface area (Å²) in [7, 11) is 0. The van der Waals surface area contributed by atoms with E-state index in [0.29, 0.717) is 0 Å². The molecule has 0 aromatic rings. The van der Waals surface area contributed by atoms with E-state index in [-0.39, 0.29) is 18.9 Å². The van der Waals surface area contributed by atoms with Crippen LogP contribution in [0.5, 0.6) is 0 Å². The van der Waals surface area contributed by atoms with Gasteiger partial charge in [-0.25, -0.2) is 0 Å². The van der Waals surface area contributed by atoms with Gasteiger partial charge in [0.1, 0.15) is 73.2 Å². The molecule has 0 aromatic carbocycles. The summed E-state index contributed by atoms with van der Waals surface area (Å²) in [6, 6.07) is 0. The van der Waals surface area contributed by atoms with Crippen LogP contribution in [0.1, 0.15) is 0 Å². The predicted octanol–water partition coefficient (Wildman–Crippen LogP) is -10.1. The van der Waals surface area contributed by atoms with E-state index >= 15 is 0 Å². The molecule has 18 nitrogen and oxygen atoms in total. The van der Waals surface area contributed by atoms with Gasteiger partial charge in [-0.2, -0.15) is 0 Å². The van der Waals surface area contributed by atoms with Crippen molar-refractivity contribution in [3.63, 3.8) is 0 Å². The fraction of sp³-hybridized carbons (Fsp3) is 0.833. The first-order valence-electron chi connectivity index (χ1n) is 9.98. The van der Waals surface area contributed by atoms with E-state index in [4.69, 9.17) is 76.6 Å². The Morgan fingerprint density at radius 3 is 0.639 bits per heavy atom. The second-order valence-electron chi connectivity index (χ2n) is 7.07. The van der Waals surface area contributed by atoms with Crippen molar-refractivity contribution in [2.75, 3.05) is 19.8 Å². The molecule has 216 valence electrons. The van der Waals surface area contributed by atoms with Crippen LogP contribution in [0.2, 0.25) is 0 Å². The van der Waals surface area contributed by atoms with Crippen molar-refractivity contribution >= 4 is 18.9 Å². The molecule has 0 amide bonds. The lowest BCUT2D eigenvalue weighted by Crippen LogP contribution is -2.46. The fourth-order valence-corrected chi connectivity index (χ4v) is 1.85. The van der Waals surface area contributed by atoms with Crippen LogP contribution in [0.25, 0.3) is 0 Å². The third-order valence-corrected chi connectivity index (χ3v) is 4.26. The molecule has 0 bridgehead atoms. The maximum absolute atomic E-state index is 9.90. The highest BCUT2D eigenvalue weighted by Gasteiger charge is 2.31. The largest absolute Gasteiger partial charge is 0.394 e. The summed E-state index contributed by atoms with van der Waals surface area (Å²) in [5, 5.41) is 131. The molecule has 0 saturated carbocycles. The molecule has 18 heteroatoms. The summed E-state index contributed by atoms with van der Waals surface area (Å²) < 4.78 is 0. The first kappa shape index (κ1) is 38.9. The Hall–Kier alpha value is -1.59. The minimum Gasteiger partial charge on any atom is -0.394 e. The third kappa shape index (κ3) is 14.8. The van der Waals surface area contributed by atoms with Crippen molar-refractivity contribution in [2.24, 2.45) is 0 Å². The fourth-order valence-electron chi connectivity index (χ4n) is 1.85. The molecular formula is C18H36O18. The molecule has 0 fully saturated rings. The van der Waals surface area contributed by atoms with Crippen molar-refractivity contribution in [3.05, 3.63) is 0 Å². The second-order valence-corrected chi connectivity index (χ2v) is 7.07. The minimum absolute atomic E-state index is 0.0258. The molecule has 0 radical (unpaired) electrons. The van der Waals surface area contributed by atoms with E-state index in [1.54, 1.807) is 0 Å². The van der Waals surface area contributed by atoms with Gasteiger partial charge in [0.2, 0.25) is 0 Å². The van der Waals surface area contributed by atoms with Gasteiger partial charge in [-0.3, -0.25) is 0 Å². The lowest BCUT2D eigenvalue weighted by molar-refractivity contribution is -0.136. The van der Waals surface area contributed by atoms with Gasteiger partial charge >= 0.3 is 0 Å². The van der Waals surface area contributed by atoms with Crippen LogP contribution in [0.15, 0.2) is 0 Å². The molecule has 0 aliphatic carbocycles. The smallest absolute Gasteiger partial charge is 0.151 e. The van der Waals surface area contributed by atoms with Crippen LogP contribution < -0.4 is 0 Å². The molecule has 0 aliphatic heterocycles. The van der Waals surface area contributed by atoms with Crippen LogP contribution in [-0.4, -0.2) is 189 Å². The van der Waals surface area contributed by atoms with Gasteiger partial charge in [0.05, 0.1) is 19.8 Å². The zero-order chi connectivity index (χ0) is 29.2. The molecule has 0 spiro atoms. The van der Waals surface area contributed by atoms with E-state index in [1.165, 1.54) is 0 Å². The Bertz CT molecular complexity index is 490. The summed E-state index contributed by atoms with van der Waals surface area (Å²) in [6.07, 6.45) is -20.5. The number of aliphatic hydroxyl groups is 15. The number of rotatable bonds is 15. The lowest BCUT2D eigenvalue weighted by atomic mass is 10.0.